The van der Waals surface area contributed by atoms with E-state index in [0.717, 1.165) is 18.4 Å². The third-order valence-corrected chi connectivity index (χ3v) is 3.87. The molecule has 2 aliphatic rings. The lowest BCUT2D eigenvalue weighted by Crippen LogP contribution is -2.55. The summed E-state index contributed by atoms with van der Waals surface area (Å²) in [4.78, 5) is 0. The molecule has 0 aromatic rings. The molecule has 2 rings (SSSR count). The number of hydrogen-bond donors (Lipinski definition) is 1. The fourth-order valence-electron chi connectivity index (χ4n) is 2.82. The molecule has 2 nitrogen and oxygen atoms in total. The number of nitrogens with one attached hydrogen (secondary N) is 1. The van der Waals surface area contributed by atoms with Crippen molar-refractivity contribution in [1.82, 2.24) is 5.32 Å². The van der Waals surface area contributed by atoms with Gasteiger partial charge in [0.1, 0.15) is 0 Å². The van der Waals surface area contributed by atoms with E-state index >= 15 is 0 Å². The van der Waals surface area contributed by atoms with Crippen LogP contribution in [-0.4, -0.2) is 24.8 Å². The van der Waals surface area contributed by atoms with Gasteiger partial charge >= 0.3 is 0 Å². The van der Waals surface area contributed by atoms with Gasteiger partial charge in [-0.1, -0.05) is 27.7 Å². The van der Waals surface area contributed by atoms with Crippen molar-refractivity contribution in [2.24, 2.45) is 17.8 Å². The molecule has 94 valence electrons. The predicted octanol–water partition coefficient (Wildman–Crippen LogP) is 2.82. The summed E-state index contributed by atoms with van der Waals surface area (Å²) in [5.41, 5.74) is 0. The monoisotopic (exact) mass is 225 g/mol. The van der Waals surface area contributed by atoms with Crippen LogP contribution in [0.1, 0.15) is 47.0 Å². The summed E-state index contributed by atoms with van der Waals surface area (Å²) in [5.74, 6) is 2.25. The smallest absolute Gasteiger partial charge is 0.0737 e. The molecule has 1 saturated carbocycles. The van der Waals surface area contributed by atoms with Crippen LogP contribution in [0.2, 0.25) is 0 Å². The molecular weight excluding hydrogens is 198 g/mol. The van der Waals surface area contributed by atoms with E-state index in [1.807, 2.05) is 0 Å². The topological polar surface area (TPSA) is 21.3 Å². The first-order valence-electron chi connectivity index (χ1n) is 6.96. The molecule has 0 bridgehead atoms. The van der Waals surface area contributed by atoms with Crippen LogP contribution in [0.5, 0.6) is 0 Å². The highest BCUT2D eigenvalue weighted by Crippen LogP contribution is 2.37. The lowest BCUT2D eigenvalue weighted by molar-refractivity contribution is -0.0885. The van der Waals surface area contributed by atoms with E-state index in [2.05, 4.69) is 33.0 Å². The molecule has 16 heavy (non-hydrogen) atoms. The highest BCUT2D eigenvalue weighted by molar-refractivity contribution is 4.92. The largest absolute Gasteiger partial charge is 0.372 e. The van der Waals surface area contributed by atoms with Crippen LogP contribution >= 0.6 is 0 Å². The molecule has 3 unspecified atom stereocenters. The van der Waals surface area contributed by atoms with Gasteiger partial charge in [0.15, 0.2) is 0 Å². The maximum atomic E-state index is 6.33. The van der Waals surface area contributed by atoms with Gasteiger partial charge in [-0.25, -0.2) is 0 Å². The Morgan fingerprint density at radius 1 is 1.19 bits per heavy atom. The molecule has 0 radical (unpaired) electrons. The molecule has 1 heterocycles. The molecule has 0 amide bonds. The van der Waals surface area contributed by atoms with Crippen molar-refractivity contribution < 1.29 is 4.74 Å². The fraction of sp³-hybridized carbons (Fsp3) is 1.00. The quantitative estimate of drug-likeness (QED) is 0.794. The average molecular weight is 225 g/mol. The Bertz CT molecular complexity index is 223. The second-order valence-corrected chi connectivity index (χ2v) is 6.36. The Hall–Kier alpha value is -0.0800. The summed E-state index contributed by atoms with van der Waals surface area (Å²) >= 11 is 0. The Labute approximate surface area is 100 Å². The van der Waals surface area contributed by atoms with Crippen LogP contribution in [0, 0.1) is 17.8 Å². The van der Waals surface area contributed by atoms with Crippen molar-refractivity contribution in [3.63, 3.8) is 0 Å². The zero-order valence-corrected chi connectivity index (χ0v) is 11.2. The third-order valence-electron chi connectivity index (χ3n) is 3.87. The van der Waals surface area contributed by atoms with Crippen LogP contribution < -0.4 is 5.32 Å². The number of rotatable bonds is 4. The Morgan fingerprint density at radius 2 is 1.88 bits per heavy atom. The molecule has 1 N–H and O–H groups in total. The zero-order valence-electron chi connectivity index (χ0n) is 11.2. The maximum absolute atomic E-state index is 6.33. The normalized spacial score (nSPS) is 36.0. The third kappa shape index (κ3) is 2.98. The lowest BCUT2D eigenvalue weighted by Gasteiger charge is -2.40. The highest BCUT2D eigenvalue weighted by Gasteiger charge is 2.39. The van der Waals surface area contributed by atoms with E-state index in [1.165, 1.54) is 19.3 Å². The lowest BCUT2D eigenvalue weighted by atomic mass is 9.90. The van der Waals surface area contributed by atoms with Gasteiger partial charge in [-0.3, -0.25) is 0 Å². The molecule has 1 aliphatic heterocycles. The van der Waals surface area contributed by atoms with E-state index in [-0.39, 0.29) is 0 Å². The van der Waals surface area contributed by atoms with Crippen molar-refractivity contribution in [1.29, 1.82) is 0 Å². The van der Waals surface area contributed by atoms with E-state index in [4.69, 9.17) is 4.74 Å². The van der Waals surface area contributed by atoms with Gasteiger partial charge in [0, 0.05) is 12.6 Å². The van der Waals surface area contributed by atoms with Gasteiger partial charge in [0.05, 0.1) is 12.2 Å². The summed E-state index contributed by atoms with van der Waals surface area (Å²) in [5, 5.41) is 3.72. The Kier molecular flexibility index (Phi) is 3.91. The van der Waals surface area contributed by atoms with Gasteiger partial charge in [0.25, 0.3) is 0 Å². The maximum Gasteiger partial charge on any atom is 0.0737 e. The van der Waals surface area contributed by atoms with Crippen LogP contribution in [0.4, 0.5) is 0 Å². The minimum atomic E-state index is 0.430. The van der Waals surface area contributed by atoms with Crippen molar-refractivity contribution in [3.8, 4) is 0 Å². The first-order valence-corrected chi connectivity index (χ1v) is 6.96. The molecular formula is C14H27NO. The number of morpholine rings is 1. The highest BCUT2D eigenvalue weighted by atomic mass is 16.5. The van der Waals surface area contributed by atoms with Crippen molar-refractivity contribution in [2.75, 3.05) is 6.54 Å². The average Bonchev–Trinajstić information content (AvgIpc) is 2.99. The van der Waals surface area contributed by atoms with Gasteiger partial charge < -0.3 is 10.1 Å². The molecule has 2 fully saturated rings. The van der Waals surface area contributed by atoms with E-state index in [0.29, 0.717) is 24.2 Å². The predicted molar refractivity (Wildman–Crippen MR) is 67.5 cm³/mol. The van der Waals surface area contributed by atoms with Crippen LogP contribution in [-0.2, 0) is 4.74 Å². The second-order valence-electron chi connectivity index (χ2n) is 6.36. The molecule has 3 atom stereocenters. The van der Waals surface area contributed by atoms with Crippen molar-refractivity contribution >= 4 is 0 Å². The molecule has 1 saturated heterocycles. The molecule has 1 aliphatic carbocycles. The van der Waals surface area contributed by atoms with Crippen LogP contribution in [0.15, 0.2) is 0 Å². The summed E-state index contributed by atoms with van der Waals surface area (Å²) < 4.78 is 6.33. The number of hydrogen-bond acceptors (Lipinski definition) is 2. The van der Waals surface area contributed by atoms with Crippen LogP contribution in [0.25, 0.3) is 0 Å². The van der Waals surface area contributed by atoms with Crippen molar-refractivity contribution in [3.05, 3.63) is 0 Å². The SMILES string of the molecule is CC(C)CC1OC(C2CC2)CNC1C(C)C. The summed E-state index contributed by atoms with van der Waals surface area (Å²) in [6.07, 6.45) is 4.89. The summed E-state index contributed by atoms with van der Waals surface area (Å²) in [7, 11) is 0. The van der Waals surface area contributed by atoms with Gasteiger partial charge in [-0.05, 0) is 37.0 Å². The molecule has 0 aromatic carbocycles. The second kappa shape index (κ2) is 5.05. The summed E-state index contributed by atoms with van der Waals surface area (Å²) in [6.45, 7) is 10.3. The van der Waals surface area contributed by atoms with E-state index in [1.54, 1.807) is 0 Å². The van der Waals surface area contributed by atoms with E-state index in [9.17, 15) is 0 Å². The van der Waals surface area contributed by atoms with E-state index < -0.39 is 0 Å². The zero-order chi connectivity index (χ0) is 11.7. The summed E-state index contributed by atoms with van der Waals surface area (Å²) in [6, 6.07) is 0.553. The first kappa shape index (κ1) is 12.4. The molecule has 0 aromatic heterocycles. The number of ether oxygens (including phenoxy) is 1. The first-order chi connectivity index (χ1) is 7.58. The van der Waals surface area contributed by atoms with Crippen molar-refractivity contribution in [2.45, 2.75) is 65.2 Å². The van der Waals surface area contributed by atoms with Gasteiger partial charge in [-0.15, -0.1) is 0 Å². The minimum Gasteiger partial charge on any atom is -0.372 e. The minimum absolute atomic E-state index is 0.430. The van der Waals surface area contributed by atoms with Gasteiger partial charge in [-0.2, -0.15) is 0 Å². The van der Waals surface area contributed by atoms with Crippen LogP contribution in [0.3, 0.4) is 0 Å². The van der Waals surface area contributed by atoms with Gasteiger partial charge in [0.2, 0.25) is 0 Å². The fourth-order valence-corrected chi connectivity index (χ4v) is 2.82. The Balaban J connectivity index is 1.94. The Morgan fingerprint density at radius 3 is 2.38 bits per heavy atom. The molecule has 0 spiro atoms. The standard InChI is InChI=1S/C14H27NO/c1-9(2)7-12-14(10(3)4)15-8-13(16-12)11-5-6-11/h9-15H,5-8H2,1-4H3. The molecule has 2 heteroatoms.